The molecule has 0 radical (unpaired) electrons. The summed E-state index contributed by atoms with van der Waals surface area (Å²) >= 11 is 0. The van der Waals surface area contributed by atoms with E-state index in [0.717, 1.165) is 97.5 Å². The highest BCUT2D eigenvalue weighted by Crippen LogP contribution is 2.47. The van der Waals surface area contributed by atoms with Crippen molar-refractivity contribution < 1.29 is 33.9 Å². The van der Waals surface area contributed by atoms with E-state index in [1.165, 1.54) is 7.11 Å². The zero-order chi connectivity index (χ0) is 40.0. The molecule has 8 bridgehead atoms. The van der Waals surface area contributed by atoms with Crippen LogP contribution in [0.2, 0.25) is 0 Å². The van der Waals surface area contributed by atoms with Crippen molar-refractivity contribution >= 4 is 40.9 Å². The minimum absolute atomic E-state index is 0.0214. The molecule has 12 heteroatoms. The fourth-order valence-electron chi connectivity index (χ4n) is 8.54. The second-order valence-electron chi connectivity index (χ2n) is 14.9. The van der Waals surface area contributed by atoms with Crippen molar-refractivity contribution in [2.75, 3.05) is 7.11 Å². The maximum absolute atomic E-state index is 12.5. The molecule has 0 aromatic rings. The van der Waals surface area contributed by atoms with Gasteiger partial charge in [0.2, 0.25) is 0 Å². The predicted molar refractivity (Wildman–Crippen MR) is 211 cm³/mol. The van der Waals surface area contributed by atoms with Crippen LogP contribution in [0.25, 0.3) is 0 Å². The van der Waals surface area contributed by atoms with E-state index >= 15 is 0 Å². The number of methoxy groups -OCH3 is 1. The van der Waals surface area contributed by atoms with Gasteiger partial charge in [0, 0.05) is 72.9 Å². The van der Waals surface area contributed by atoms with E-state index in [-0.39, 0.29) is 49.2 Å². The highest BCUT2D eigenvalue weighted by molar-refractivity contribution is 6.22. The Morgan fingerprint density at radius 3 is 2.30 bits per heavy atom. The summed E-state index contributed by atoms with van der Waals surface area (Å²) in [4.78, 5) is 69.5. The number of nitrogens with zero attached hydrogens (tertiary/aromatic N) is 4. The molecule has 6 aliphatic heterocycles. The summed E-state index contributed by atoms with van der Waals surface area (Å²) in [6, 6.07) is 0. The Morgan fingerprint density at radius 1 is 0.911 bits per heavy atom. The van der Waals surface area contributed by atoms with Crippen LogP contribution in [0.1, 0.15) is 106 Å². The third kappa shape index (κ3) is 6.73. The van der Waals surface area contributed by atoms with Crippen LogP contribution >= 0.6 is 0 Å². The number of carbonyl (C=O) groups excluding carboxylic acids is 4. The molecule has 1 aliphatic carbocycles. The third-order valence-corrected chi connectivity index (χ3v) is 11.6. The van der Waals surface area contributed by atoms with Crippen LogP contribution in [0.5, 0.6) is 0 Å². The lowest BCUT2D eigenvalue weighted by Gasteiger charge is -2.17. The lowest BCUT2D eigenvalue weighted by Crippen LogP contribution is -2.31. The van der Waals surface area contributed by atoms with E-state index < -0.39 is 17.8 Å². The van der Waals surface area contributed by atoms with Crippen LogP contribution in [0.15, 0.2) is 106 Å². The molecule has 56 heavy (non-hydrogen) atoms. The molecule has 2 N–H and O–H groups in total. The van der Waals surface area contributed by atoms with Gasteiger partial charge >= 0.3 is 11.9 Å². The number of unbranched alkanes of at least 4 members (excludes halogenated alkanes) is 1. The van der Waals surface area contributed by atoms with Crippen LogP contribution < -0.4 is 5.32 Å². The molecular weight excluding hydrogens is 711 g/mol. The molecule has 6 heterocycles. The molecule has 2 fully saturated rings. The average molecular weight is 758 g/mol. The van der Waals surface area contributed by atoms with Gasteiger partial charge in [0.05, 0.1) is 46.9 Å². The Labute approximate surface area is 326 Å². The zero-order valence-electron chi connectivity index (χ0n) is 33.1. The van der Waals surface area contributed by atoms with Crippen LogP contribution in [0, 0.1) is 23.7 Å². The number of aliphatic hydroxyl groups is 1. The maximum Gasteiger partial charge on any atom is 0.333 e. The Hall–Kier alpha value is -5.83. The number of rotatable bonds is 9. The smallest absolute Gasteiger partial charge is 0.333 e. The fraction of sp³-hybridized carbons (Fsp3) is 0.432. The molecule has 2 atom stereocenters. The van der Waals surface area contributed by atoms with Crippen molar-refractivity contribution in [3.05, 3.63) is 91.0 Å². The number of carbonyl (C=O) groups is 4. The number of allylic oxidation sites excluding steroid dienone is 12. The van der Waals surface area contributed by atoms with E-state index in [1.807, 2.05) is 13.0 Å². The first kappa shape index (κ1) is 38.4. The molecule has 0 spiro atoms. The van der Waals surface area contributed by atoms with E-state index in [1.54, 1.807) is 0 Å². The number of aliphatic hydroxyl groups excluding tert-OH is 1. The number of hydrogen-bond acceptors (Lipinski definition) is 11. The maximum atomic E-state index is 12.5. The number of fused-ring (bicyclic) bond motifs is 5. The Balaban J connectivity index is 1.35. The Morgan fingerprint density at radius 2 is 1.61 bits per heavy atom. The van der Waals surface area contributed by atoms with Gasteiger partial charge in [0.25, 0.3) is 11.8 Å². The van der Waals surface area contributed by atoms with Crippen molar-refractivity contribution in [2.45, 2.75) is 106 Å². The third-order valence-electron chi connectivity index (χ3n) is 11.6. The first-order valence-electron chi connectivity index (χ1n) is 19.5. The number of hydroxylamine groups is 2. The highest BCUT2D eigenvalue weighted by atomic mass is 16.7. The first-order valence-corrected chi connectivity index (χ1v) is 19.5. The topological polar surface area (TPSA) is 159 Å². The molecule has 2 amide bonds. The fourth-order valence-corrected chi connectivity index (χ4v) is 8.54. The number of imide groups is 1. The normalized spacial score (nSPS) is 22.8. The molecule has 290 valence electrons. The van der Waals surface area contributed by atoms with Crippen molar-refractivity contribution in [2.24, 2.45) is 26.8 Å². The molecule has 0 unspecified atom stereocenters. The quantitative estimate of drug-likeness (QED) is 0.108. The molecule has 7 rings (SSSR count). The predicted octanol–water partition coefficient (Wildman–Crippen LogP) is 7.17. The second kappa shape index (κ2) is 15.4. The van der Waals surface area contributed by atoms with Gasteiger partial charge in [-0.1, -0.05) is 32.6 Å². The van der Waals surface area contributed by atoms with Gasteiger partial charge in [-0.25, -0.2) is 19.8 Å². The SMILES string of the molecule is CCC1=C(C)C2=NC1=CC1=C(C)C3=C(O)CC(=C4NC(=C(C#CCCCC(=O)ON5C(=O)CCC5=O)C5=NC(=C2)C(CC)=C5C)[C@@H](C)[C@@H]4CCC(=O)OC)C3=N1. The second-order valence-corrected chi connectivity index (χ2v) is 14.9. The van der Waals surface area contributed by atoms with Crippen molar-refractivity contribution in [3.8, 4) is 11.8 Å². The number of ether oxygens (including phenoxy) is 1. The van der Waals surface area contributed by atoms with Gasteiger partial charge in [0.1, 0.15) is 5.76 Å². The lowest BCUT2D eigenvalue weighted by atomic mass is 9.84. The number of esters is 1. The molecule has 12 nitrogen and oxygen atoms in total. The summed E-state index contributed by atoms with van der Waals surface area (Å²) in [5.41, 5.74) is 14.0. The van der Waals surface area contributed by atoms with Crippen molar-refractivity contribution in [3.63, 3.8) is 0 Å². The molecular formula is C44H47N5O7. The highest BCUT2D eigenvalue weighted by Gasteiger charge is 2.43. The minimum Gasteiger partial charge on any atom is -0.511 e. The Bertz CT molecular complexity index is 2290. The van der Waals surface area contributed by atoms with Gasteiger partial charge in [-0.2, -0.15) is 0 Å². The summed E-state index contributed by atoms with van der Waals surface area (Å²) in [5, 5.41) is 15.8. The van der Waals surface area contributed by atoms with E-state index in [0.29, 0.717) is 36.3 Å². The summed E-state index contributed by atoms with van der Waals surface area (Å²) in [6.07, 6.45) is 7.33. The van der Waals surface area contributed by atoms with Gasteiger partial charge in [-0.05, 0) is 86.5 Å². The van der Waals surface area contributed by atoms with Crippen LogP contribution in [0.4, 0.5) is 0 Å². The monoisotopic (exact) mass is 757 g/mol. The first-order chi connectivity index (χ1) is 26.9. The molecule has 2 saturated heterocycles. The van der Waals surface area contributed by atoms with Gasteiger partial charge < -0.3 is 20.0 Å². The largest absolute Gasteiger partial charge is 0.511 e. The minimum atomic E-state index is -0.668. The van der Waals surface area contributed by atoms with E-state index in [2.05, 4.69) is 57.9 Å². The van der Waals surface area contributed by atoms with Crippen molar-refractivity contribution in [1.29, 1.82) is 0 Å². The number of amides is 2. The number of nitrogens with one attached hydrogen (secondary N) is 1. The van der Waals surface area contributed by atoms with Gasteiger partial charge in [-0.15, -0.1) is 5.06 Å². The van der Waals surface area contributed by atoms with Crippen molar-refractivity contribution in [1.82, 2.24) is 10.4 Å². The lowest BCUT2D eigenvalue weighted by molar-refractivity contribution is -0.197. The standard InChI is InChI=1S/C44H47N5O7/c1-8-26-22(3)31-20-34-27(9-2)23(4)41(47-34)29(13-11-10-12-14-39(54)56-49-36(51)16-17-37(49)52)42-24(5)28(15-18-38(53)55-7)43(48-42)30-19-35(50)40-25(6)32(46-44(30)40)21-33(26)45-31/h20-21,24,28,48,50H,8-10,12,14-19H2,1-7H3/t24-,28-/m0/s1. The number of aliphatic imine (C=N–C) groups is 3. The molecule has 0 saturated carbocycles. The summed E-state index contributed by atoms with van der Waals surface area (Å²) in [7, 11) is 1.39. The molecule has 7 aliphatic rings. The van der Waals surface area contributed by atoms with Crippen LogP contribution in [-0.2, 0) is 28.8 Å². The Kier molecular flexibility index (Phi) is 10.5. The van der Waals surface area contributed by atoms with Gasteiger partial charge in [0.15, 0.2) is 0 Å². The molecule has 0 aromatic heterocycles. The zero-order valence-corrected chi connectivity index (χ0v) is 33.1. The van der Waals surface area contributed by atoms with E-state index in [9.17, 15) is 24.3 Å². The van der Waals surface area contributed by atoms with Gasteiger partial charge in [-0.3, -0.25) is 14.4 Å². The average Bonchev–Trinajstić information content (AvgIpc) is 3.99. The summed E-state index contributed by atoms with van der Waals surface area (Å²) in [5.74, 6) is 4.67. The van der Waals surface area contributed by atoms with E-state index in [4.69, 9.17) is 24.6 Å². The number of hydrogen-bond donors (Lipinski definition) is 2. The molecule has 0 aromatic carbocycles. The van der Waals surface area contributed by atoms with Crippen LogP contribution in [-0.4, -0.2) is 58.2 Å². The summed E-state index contributed by atoms with van der Waals surface area (Å²) < 4.78 is 5.05. The van der Waals surface area contributed by atoms with Crippen LogP contribution in [0.3, 0.4) is 0 Å². The summed E-state index contributed by atoms with van der Waals surface area (Å²) in [6.45, 7) is 12.5.